The molecule has 0 bridgehead atoms. The third-order valence-corrected chi connectivity index (χ3v) is 5.60. The van der Waals surface area contributed by atoms with Gasteiger partial charge in [-0.2, -0.15) is 0 Å². The average molecular weight is 240 g/mol. The van der Waals surface area contributed by atoms with E-state index in [-0.39, 0.29) is 11.7 Å². The van der Waals surface area contributed by atoms with Crippen LogP contribution in [-0.4, -0.2) is 29.5 Å². The highest BCUT2D eigenvalue weighted by molar-refractivity contribution is 7.58. The van der Waals surface area contributed by atoms with E-state index in [1.807, 2.05) is 11.6 Å². The zero-order valence-corrected chi connectivity index (χ0v) is 10.6. The molecular weight excluding hydrogens is 221 g/mol. The Morgan fingerprint density at radius 2 is 2.29 bits per heavy atom. The summed E-state index contributed by atoms with van der Waals surface area (Å²) in [6.07, 6.45) is 3.18. The Hall–Kier alpha value is 0.440. The number of nitrogens with zero attached hydrogens (tertiary/aromatic N) is 1. The highest BCUT2D eigenvalue weighted by Gasteiger charge is 2.40. The molecule has 0 radical (unpaired) electrons. The van der Waals surface area contributed by atoms with Crippen LogP contribution in [0.4, 0.5) is 0 Å². The van der Waals surface area contributed by atoms with Crippen molar-refractivity contribution in [3.8, 4) is 0 Å². The summed E-state index contributed by atoms with van der Waals surface area (Å²) in [5.74, 6) is 0. The van der Waals surface area contributed by atoms with E-state index in [4.69, 9.17) is 16.1 Å². The van der Waals surface area contributed by atoms with Gasteiger partial charge >= 0.3 is 0 Å². The van der Waals surface area contributed by atoms with Crippen molar-refractivity contribution >= 4 is 19.1 Å². The lowest BCUT2D eigenvalue weighted by Gasteiger charge is -2.19. The van der Waals surface area contributed by atoms with Crippen LogP contribution in [0.1, 0.15) is 33.1 Å². The largest absolute Gasteiger partial charge is 0.312 e. The van der Waals surface area contributed by atoms with Crippen molar-refractivity contribution in [2.24, 2.45) is 0 Å². The SMILES string of the molecule is CCCCN1CC(CC)OP1(=O)CCl. The quantitative estimate of drug-likeness (QED) is 0.545. The highest BCUT2D eigenvalue weighted by Crippen LogP contribution is 2.57. The molecule has 1 saturated heterocycles. The van der Waals surface area contributed by atoms with Crippen LogP contribution < -0.4 is 0 Å². The molecule has 0 aromatic rings. The number of rotatable bonds is 5. The van der Waals surface area contributed by atoms with Gasteiger partial charge in [0.15, 0.2) is 0 Å². The summed E-state index contributed by atoms with van der Waals surface area (Å²) in [5, 5.41) is 0. The van der Waals surface area contributed by atoms with Gasteiger partial charge in [-0.25, -0.2) is 4.67 Å². The predicted octanol–water partition coefficient (Wildman–Crippen LogP) is 3.29. The van der Waals surface area contributed by atoms with E-state index in [0.29, 0.717) is 0 Å². The second-order valence-electron chi connectivity index (χ2n) is 3.66. The van der Waals surface area contributed by atoms with Crippen molar-refractivity contribution in [1.82, 2.24) is 4.67 Å². The molecule has 14 heavy (non-hydrogen) atoms. The van der Waals surface area contributed by atoms with Crippen LogP contribution in [0.3, 0.4) is 0 Å². The molecule has 84 valence electrons. The summed E-state index contributed by atoms with van der Waals surface area (Å²) in [7, 11) is -2.66. The van der Waals surface area contributed by atoms with Crippen molar-refractivity contribution in [1.29, 1.82) is 0 Å². The summed E-state index contributed by atoms with van der Waals surface area (Å²) in [6.45, 7) is 5.80. The molecule has 2 atom stereocenters. The second kappa shape index (κ2) is 5.50. The monoisotopic (exact) mass is 239 g/mol. The first-order valence-corrected chi connectivity index (χ1v) is 7.54. The van der Waals surface area contributed by atoms with Gasteiger partial charge in [-0.1, -0.05) is 20.3 Å². The average Bonchev–Trinajstić information content (AvgIpc) is 2.53. The Morgan fingerprint density at radius 1 is 1.57 bits per heavy atom. The van der Waals surface area contributed by atoms with Crippen LogP contribution >= 0.6 is 19.1 Å². The Kier molecular flexibility index (Phi) is 4.92. The first-order chi connectivity index (χ1) is 6.66. The summed E-state index contributed by atoms with van der Waals surface area (Å²) < 4.78 is 19.6. The lowest BCUT2D eigenvalue weighted by molar-refractivity contribution is 0.237. The van der Waals surface area contributed by atoms with Gasteiger partial charge in [-0.05, 0) is 12.8 Å². The minimum absolute atomic E-state index is 0.108. The Balaban J connectivity index is 2.58. The fourth-order valence-corrected chi connectivity index (χ4v) is 4.11. The maximum atomic E-state index is 12.2. The van der Waals surface area contributed by atoms with Gasteiger partial charge < -0.3 is 4.52 Å². The molecule has 2 unspecified atom stereocenters. The van der Waals surface area contributed by atoms with E-state index in [2.05, 4.69) is 6.92 Å². The number of hydrogen-bond acceptors (Lipinski definition) is 2. The van der Waals surface area contributed by atoms with Crippen LogP contribution in [0.2, 0.25) is 0 Å². The van der Waals surface area contributed by atoms with E-state index < -0.39 is 7.52 Å². The molecule has 0 amide bonds. The maximum Gasteiger partial charge on any atom is 0.287 e. The van der Waals surface area contributed by atoms with Crippen LogP contribution in [0.15, 0.2) is 0 Å². The standard InChI is InChI=1S/C9H19ClNO2P/c1-3-5-6-11-7-9(4-2)13-14(11,12)8-10/h9H,3-8H2,1-2H3. The molecule has 3 nitrogen and oxygen atoms in total. The van der Waals surface area contributed by atoms with Crippen molar-refractivity contribution in [3.63, 3.8) is 0 Å². The first-order valence-electron chi connectivity index (χ1n) is 5.25. The van der Waals surface area contributed by atoms with E-state index in [9.17, 15) is 4.57 Å². The van der Waals surface area contributed by atoms with E-state index >= 15 is 0 Å². The third kappa shape index (κ3) is 2.73. The van der Waals surface area contributed by atoms with Crippen LogP contribution in [0.25, 0.3) is 0 Å². The van der Waals surface area contributed by atoms with Gasteiger partial charge in [0.25, 0.3) is 7.52 Å². The predicted molar refractivity (Wildman–Crippen MR) is 60.0 cm³/mol. The van der Waals surface area contributed by atoms with E-state index in [0.717, 1.165) is 32.4 Å². The number of unbranched alkanes of at least 4 members (excludes halogenated alkanes) is 1. The zero-order chi connectivity index (χ0) is 10.6. The van der Waals surface area contributed by atoms with Gasteiger partial charge in [0.2, 0.25) is 0 Å². The molecule has 0 saturated carbocycles. The lowest BCUT2D eigenvalue weighted by atomic mass is 10.2. The molecule has 0 aromatic carbocycles. The van der Waals surface area contributed by atoms with Gasteiger partial charge in [0.1, 0.15) is 5.62 Å². The minimum atomic E-state index is -2.66. The molecule has 1 aliphatic rings. The molecule has 0 aliphatic carbocycles. The fraction of sp³-hybridized carbons (Fsp3) is 1.00. The van der Waals surface area contributed by atoms with Crippen molar-refractivity contribution < 1.29 is 9.09 Å². The summed E-state index contributed by atoms with van der Waals surface area (Å²) in [6, 6.07) is 0. The second-order valence-corrected chi connectivity index (χ2v) is 6.67. The molecule has 1 rings (SSSR count). The van der Waals surface area contributed by atoms with Gasteiger partial charge in [0.05, 0.1) is 6.10 Å². The molecule has 1 aliphatic heterocycles. The summed E-state index contributed by atoms with van der Waals surface area (Å²) in [4.78, 5) is 0. The van der Waals surface area contributed by atoms with Gasteiger partial charge in [-0.3, -0.25) is 4.57 Å². The molecule has 1 heterocycles. The zero-order valence-electron chi connectivity index (χ0n) is 8.91. The van der Waals surface area contributed by atoms with Gasteiger partial charge in [0, 0.05) is 13.1 Å². The molecule has 5 heteroatoms. The Labute approximate surface area is 91.3 Å². The molecule has 0 N–H and O–H groups in total. The van der Waals surface area contributed by atoms with Crippen LogP contribution in [0.5, 0.6) is 0 Å². The third-order valence-electron chi connectivity index (χ3n) is 2.54. The van der Waals surface area contributed by atoms with Crippen LogP contribution in [-0.2, 0) is 9.09 Å². The summed E-state index contributed by atoms with van der Waals surface area (Å²) in [5.41, 5.74) is 0.118. The van der Waals surface area contributed by atoms with E-state index in [1.165, 1.54) is 0 Å². The van der Waals surface area contributed by atoms with Crippen molar-refractivity contribution in [2.75, 3.05) is 18.7 Å². The maximum absolute atomic E-state index is 12.2. The smallest absolute Gasteiger partial charge is 0.287 e. The molecule has 1 fully saturated rings. The Bertz CT molecular complexity index is 225. The number of hydrogen-bond donors (Lipinski definition) is 0. The fourth-order valence-electron chi connectivity index (χ4n) is 1.58. The highest BCUT2D eigenvalue weighted by atomic mass is 35.5. The molecule has 0 aromatic heterocycles. The van der Waals surface area contributed by atoms with E-state index in [1.54, 1.807) is 0 Å². The normalized spacial score (nSPS) is 33.8. The Morgan fingerprint density at radius 3 is 2.79 bits per heavy atom. The lowest BCUT2D eigenvalue weighted by Crippen LogP contribution is -2.21. The van der Waals surface area contributed by atoms with Crippen LogP contribution in [0, 0.1) is 0 Å². The van der Waals surface area contributed by atoms with Crippen molar-refractivity contribution in [2.45, 2.75) is 39.2 Å². The number of alkyl halides is 1. The van der Waals surface area contributed by atoms with Gasteiger partial charge in [-0.15, -0.1) is 11.6 Å². The molecule has 0 spiro atoms. The topological polar surface area (TPSA) is 29.5 Å². The minimum Gasteiger partial charge on any atom is -0.312 e. The first kappa shape index (κ1) is 12.5. The number of halogens is 1. The van der Waals surface area contributed by atoms with Crippen molar-refractivity contribution in [3.05, 3.63) is 0 Å². The molecular formula is C9H19ClNO2P. The summed E-state index contributed by atoms with van der Waals surface area (Å²) >= 11 is 5.72.